The zero-order valence-corrected chi connectivity index (χ0v) is 18.8. The van der Waals surface area contributed by atoms with E-state index in [-0.39, 0.29) is 17.6 Å². The van der Waals surface area contributed by atoms with Gasteiger partial charge in [-0.2, -0.15) is 0 Å². The molecule has 4 rings (SSSR count). The third kappa shape index (κ3) is 5.00. The number of hydrogen-bond acceptors (Lipinski definition) is 6. The molecule has 1 fully saturated rings. The molecule has 2 aromatic carbocycles. The van der Waals surface area contributed by atoms with Gasteiger partial charge in [0.05, 0.1) is 26.4 Å². The normalized spacial score (nSPS) is 15.3. The number of methoxy groups -OCH3 is 1. The van der Waals surface area contributed by atoms with Gasteiger partial charge in [0.1, 0.15) is 5.75 Å². The number of carbonyl (C=O) groups excluding carboxylic acids is 1. The second kappa shape index (κ2) is 9.97. The van der Waals surface area contributed by atoms with Crippen molar-refractivity contribution in [3.8, 4) is 17.1 Å². The van der Waals surface area contributed by atoms with Gasteiger partial charge in [0.2, 0.25) is 0 Å². The number of benzene rings is 2. The van der Waals surface area contributed by atoms with E-state index in [0.717, 1.165) is 35.5 Å². The van der Waals surface area contributed by atoms with Gasteiger partial charge < -0.3 is 19.3 Å². The number of ether oxygens (including phenoxy) is 2. The zero-order chi connectivity index (χ0) is 22.5. The quantitative estimate of drug-likeness (QED) is 0.609. The van der Waals surface area contributed by atoms with Crippen molar-refractivity contribution in [2.24, 2.45) is 0 Å². The number of aryl methyl sites for hydroxylation is 2. The fourth-order valence-corrected chi connectivity index (χ4v) is 3.87. The lowest BCUT2D eigenvalue weighted by atomic mass is 10.0. The minimum atomic E-state index is -0.254. The van der Waals surface area contributed by atoms with Crippen molar-refractivity contribution >= 4 is 5.91 Å². The molecule has 0 saturated carbocycles. The molecule has 168 valence electrons. The second-order valence-electron chi connectivity index (χ2n) is 8.02. The molecule has 1 atom stereocenters. The first-order valence-corrected chi connectivity index (χ1v) is 10.8. The van der Waals surface area contributed by atoms with Crippen LogP contribution in [-0.4, -0.2) is 55.9 Å². The number of nitrogens with one attached hydrogen (secondary N) is 1. The fourth-order valence-electron chi connectivity index (χ4n) is 3.87. The van der Waals surface area contributed by atoms with Crippen LogP contribution in [0.2, 0.25) is 0 Å². The number of nitrogens with zero attached hydrogens (tertiary/aromatic N) is 2. The summed E-state index contributed by atoms with van der Waals surface area (Å²) in [6, 6.07) is 15.7. The number of rotatable bonds is 7. The van der Waals surface area contributed by atoms with Gasteiger partial charge in [-0.05, 0) is 48.7 Å². The number of morpholine rings is 1. The summed E-state index contributed by atoms with van der Waals surface area (Å²) < 4.78 is 16.2. The molecule has 7 heteroatoms. The van der Waals surface area contributed by atoms with Crippen LogP contribution in [0.5, 0.6) is 5.75 Å². The highest BCUT2D eigenvalue weighted by atomic mass is 16.5. The number of aromatic nitrogens is 1. The van der Waals surface area contributed by atoms with Gasteiger partial charge in [-0.1, -0.05) is 29.4 Å². The Morgan fingerprint density at radius 1 is 1.09 bits per heavy atom. The van der Waals surface area contributed by atoms with E-state index in [1.54, 1.807) is 13.2 Å². The van der Waals surface area contributed by atoms with Crippen molar-refractivity contribution in [1.82, 2.24) is 15.4 Å². The molecule has 1 aliphatic rings. The first-order valence-electron chi connectivity index (χ1n) is 10.8. The molecule has 32 heavy (non-hydrogen) atoms. The maximum atomic E-state index is 12.8. The van der Waals surface area contributed by atoms with E-state index in [9.17, 15) is 4.79 Å². The Hall–Kier alpha value is -3.16. The van der Waals surface area contributed by atoms with Crippen LogP contribution in [0.4, 0.5) is 0 Å². The predicted molar refractivity (Wildman–Crippen MR) is 122 cm³/mol. The first-order chi connectivity index (χ1) is 15.5. The highest BCUT2D eigenvalue weighted by Gasteiger charge is 2.24. The first kappa shape index (κ1) is 22.0. The van der Waals surface area contributed by atoms with Crippen molar-refractivity contribution in [3.63, 3.8) is 0 Å². The van der Waals surface area contributed by atoms with Gasteiger partial charge >= 0.3 is 0 Å². The van der Waals surface area contributed by atoms with Crippen molar-refractivity contribution in [3.05, 3.63) is 70.9 Å². The van der Waals surface area contributed by atoms with Crippen LogP contribution in [0.15, 0.2) is 53.1 Å². The van der Waals surface area contributed by atoms with Gasteiger partial charge in [-0.3, -0.25) is 9.69 Å². The molecule has 1 aromatic heterocycles. The number of hydrogen-bond donors (Lipinski definition) is 1. The SMILES string of the molecule is COc1ccc([C@H](CNC(=O)c2cc(-c3ccc(C)c(C)c3)on2)N2CCOCC2)cc1. The lowest BCUT2D eigenvalue weighted by Crippen LogP contribution is -2.43. The minimum absolute atomic E-state index is 0.0277. The van der Waals surface area contributed by atoms with E-state index in [2.05, 4.69) is 22.3 Å². The van der Waals surface area contributed by atoms with Crippen molar-refractivity contribution in [2.75, 3.05) is 40.0 Å². The Bertz CT molecular complexity index is 1060. The Morgan fingerprint density at radius 3 is 2.53 bits per heavy atom. The lowest BCUT2D eigenvalue weighted by Gasteiger charge is -2.34. The molecular formula is C25H29N3O4. The summed E-state index contributed by atoms with van der Waals surface area (Å²) in [4.78, 5) is 15.2. The highest BCUT2D eigenvalue weighted by Crippen LogP contribution is 2.25. The zero-order valence-electron chi connectivity index (χ0n) is 18.8. The van der Waals surface area contributed by atoms with Crippen molar-refractivity contribution in [1.29, 1.82) is 0 Å². The summed E-state index contributed by atoms with van der Waals surface area (Å²) >= 11 is 0. The topological polar surface area (TPSA) is 76.8 Å². The van der Waals surface area contributed by atoms with Crippen LogP contribution in [0.3, 0.4) is 0 Å². The largest absolute Gasteiger partial charge is 0.497 e. The van der Waals surface area contributed by atoms with Crippen LogP contribution in [-0.2, 0) is 4.74 Å². The van der Waals surface area contributed by atoms with Gasteiger partial charge in [-0.25, -0.2) is 0 Å². The van der Waals surface area contributed by atoms with Crippen LogP contribution in [0.25, 0.3) is 11.3 Å². The predicted octanol–water partition coefficient (Wildman–Crippen LogP) is 3.77. The van der Waals surface area contributed by atoms with Crippen molar-refractivity contribution < 1.29 is 18.8 Å². The van der Waals surface area contributed by atoms with Crippen molar-refractivity contribution in [2.45, 2.75) is 19.9 Å². The van der Waals surface area contributed by atoms with E-state index in [1.165, 1.54) is 5.56 Å². The Labute approximate surface area is 188 Å². The van der Waals surface area contributed by atoms with E-state index in [4.69, 9.17) is 14.0 Å². The average molecular weight is 436 g/mol. The molecule has 1 N–H and O–H groups in total. The Kier molecular flexibility index (Phi) is 6.87. The van der Waals surface area contributed by atoms with E-state index < -0.39 is 0 Å². The molecule has 1 aliphatic heterocycles. The summed E-state index contributed by atoms with van der Waals surface area (Å²) in [5, 5.41) is 7.03. The van der Waals surface area contributed by atoms with Gasteiger partial charge in [0.15, 0.2) is 11.5 Å². The smallest absolute Gasteiger partial charge is 0.273 e. The molecule has 0 unspecified atom stereocenters. The molecule has 7 nitrogen and oxygen atoms in total. The molecule has 3 aromatic rings. The highest BCUT2D eigenvalue weighted by molar-refractivity contribution is 5.93. The molecule has 0 bridgehead atoms. The molecule has 0 radical (unpaired) electrons. The van der Waals surface area contributed by atoms with Crippen LogP contribution in [0.1, 0.15) is 33.2 Å². The molecular weight excluding hydrogens is 406 g/mol. The Morgan fingerprint density at radius 2 is 1.84 bits per heavy atom. The average Bonchev–Trinajstić information content (AvgIpc) is 3.32. The van der Waals surface area contributed by atoms with Gasteiger partial charge in [0.25, 0.3) is 5.91 Å². The van der Waals surface area contributed by atoms with Crippen LogP contribution in [0, 0.1) is 13.8 Å². The van der Waals surface area contributed by atoms with E-state index >= 15 is 0 Å². The van der Waals surface area contributed by atoms with Crippen LogP contribution >= 0.6 is 0 Å². The maximum Gasteiger partial charge on any atom is 0.273 e. The second-order valence-corrected chi connectivity index (χ2v) is 8.02. The lowest BCUT2D eigenvalue weighted by molar-refractivity contribution is 0.0162. The molecule has 0 aliphatic carbocycles. The summed E-state index contributed by atoms with van der Waals surface area (Å²) in [7, 11) is 1.65. The summed E-state index contributed by atoms with van der Waals surface area (Å²) in [5.41, 5.74) is 4.67. The minimum Gasteiger partial charge on any atom is -0.497 e. The summed E-state index contributed by atoms with van der Waals surface area (Å²) in [6.07, 6.45) is 0. The summed E-state index contributed by atoms with van der Waals surface area (Å²) in [5.74, 6) is 1.13. The molecule has 1 saturated heterocycles. The molecule has 1 amide bonds. The third-order valence-corrected chi connectivity index (χ3v) is 5.98. The van der Waals surface area contributed by atoms with Crippen LogP contribution < -0.4 is 10.1 Å². The molecule has 2 heterocycles. The Balaban J connectivity index is 1.47. The van der Waals surface area contributed by atoms with E-state index in [1.807, 2.05) is 49.4 Å². The van der Waals surface area contributed by atoms with Gasteiger partial charge in [0, 0.05) is 31.3 Å². The fraction of sp³-hybridized carbons (Fsp3) is 0.360. The standard InChI is InChI=1S/C25H29N3O4/c1-17-4-5-20(14-18(17)2)24-15-22(27-32-24)25(29)26-16-23(28-10-12-31-13-11-28)19-6-8-21(30-3)9-7-19/h4-9,14-15,23H,10-13,16H2,1-3H3,(H,26,29)/t23-/m0/s1. The van der Waals surface area contributed by atoms with E-state index in [0.29, 0.717) is 25.5 Å². The maximum absolute atomic E-state index is 12.8. The monoisotopic (exact) mass is 435 g/mol. The molecule has 0 spiro atoms. The third-order valence-electron chi connectivity index (χ3n) is 5.98. The van der Waals surface area contributed by atoms with Gasteiger partial charge in [-0.15, -0.1) is 0 Å². The summed E-state index contributed by atoms with van der Waals surface area (Å²) in [6.45, 7) is 7.56. The number of amides is 1. The number of carbonyl (C=O) groups is 1.